The second-order valence-corrected chi connectivity index (χ2v) is 7.46. The first-order valence-electron chi connectivity index (χ1n) is 7.15. The minimum Gasteiger partial charge on any atom is -0.353 e. The van der Waals surface area contributed by atoms with Gasteiger partial charge in [0.15, 0.2) is 0 Å². The van der Waals surface area contributed by atoms with Crippen LogP contribution < -0.4 is 4.72 Å². The van der Waals surface area contributed by atoms with E-state index in [2.05, 4.69) is 4.72 Å². The Morgan fingerprint density at radius 3 is 2.32 bits per heavy atom. The smallest absolute Gasteiger partial charge is 0.240 e. The summed E-state index contributed by atoms with van der Waals surface area (Å²) in [5.74, 6) is 0. The van der Waals surface area contributed by atoms with Crippen molar-refractivity contribution in [3.8, 4) is 0 Å². The lowest BCUT2D eigenvalue weighted by Crippen LogP contribution is -2.35. The van der Waals surface area contributed by atoms with Gasteiger partial charge in [0.25, 0.3) is 0 Å². The van der Waals surface area contributed by atoms with Crippen LogP contribution in [0.15, 0.2) is 47.5 Å². The molecule has 22 heavy (non-hydrogen) atoms. The van der Waals surface area contributed by atoms with Gasteiger partial charge in [-0.2, -0.15) is 0 Å². The second-order valence-electron chi connectivity index (χ2n) is 5.69. The van der Waals surface area contributed by atoms with Gasteiger partial charge < -0.3 is 4.57 Å². The van der Waals surface area contributed by atoms with Crippen LogP contribution >= 0.6 is 0 Å². The third-order valence-corrected chi connectivity index (χ3v) is 5.19. The van der Waals surface area contributed by atoms with Crippen molar-refractivity contribution >= 4 is 10.0 Å². The van der Waals surface area contributed by atoms with Crippen molar-refractivity contribution in [3.63, 3.8) is 0 Å². The van der Waals surface area contributed by atoms with E-state index in [4.69, 9.17) is 0 Å². The number of likely N-dealkylation sites (N-methyl/N-ethyl adjacent to an activating group) is 1. The number of benzene rings is 1. The summed E-state index contributed by atoms with van der Waals surface area (Å²) in [5, 5.41) is 0. The number of rotatable bonds is 6. The Kier molecular flexibility index (Phi) is 5.05. The molecule has 5 nitrogen and oxygen atoms in total. The molecule has 0 bridgehead atoms. The molecular weight excluding hydrogens is 298 g/mol. The molecule has 0 amide bonds. The van der Waals surface area contributed by atoms with Crippen LogP contribution in [0.2, 0.25) is 0 Å². The molecule has 2 aromatic rings. The van der Waals surface area contributed by atoms with Gasteiger partial charge in [0.1, 0.15) is 0 Å². The summed E-state index contributed by atoms with van der Waals surface area (Å²) < 4.78 is 29.5. The van der Waals surface area contributed by atoms with Crippen LogP contribution in [0, 0.1) is 6.92 Å². The monoisotopic (exact) mass is 321 g/mol. The molecule has 0 radical (unpaired) electrons. The number of sulfonamides is 1. The first-order chi connectivity index (χ1) is 10.3. The maximum atomic E-state index is 12.4. The van der Waals surface area contributed by atoms with E-state index >= 15 is 0 Å². The molecule has 0 aliphatic heterocycles. The van der Waals surface area contributed by atoms with Crippen molar-refractivity contribution < 1.29 is 8.42 Å². The van der Waals surface area contributed by atoms with Gasteiger partial charge in [-0.25, -0.2) is 13.1 Å². The number of hydrogen-bond acceptors (Lipinski definition) is 3. The molecule has 120 valence electrons. The van der Waals surface area contributed by atoms with Crippen LogP contribution in [0.5, 0.6) is 0 Å². The summed E-state index contributed by atoms with van der Waals surface area (Å²) in [6, 6.07) is 10.8. The minimum atomic E-state index is -3.50. The highest BCUT2D eigenvalue weighted by atomic mass is 32.2. The number of nitrogens with zero attached hydrogens (tertiary/aromatic N) is 2. The largest absolute Gasteiger partial charge is 0.353 e. The average molecular weight is 321 g/mol. The fraction of sp³-hybridized carbons (Fsp3) is 0.375. The zero-order valence-electron chi connectivity index (χ0n) is 13.4. The summed E-state index contributed by atoms with van der Waals surface area (Å²) >= 11 is 0. The lowest BCUT2D eigenvalue weighted by Gasteiger charge is -2.25. The first kappa shape index (κ1) is 16.7. The van der Waals surface area contributed by atoms with Gasteiger partial charge in [0, 0.05) is 25.5 Å². The standard InChI is InChI=1S/C16H23N3O2S/c1-13-7-9-14(10-8-13)22(20,21)17-12-16(18(2)3)15-6-5-11-19(15)4/h5-11,16-17H,12H2,1-4H3. The molecule has 0 saturated heterocycles. The van der Waals surface area contributed by atoms with E-state index in [0.717, 1.165) is 11.3 Å². The fourth-order valence-electron chi connectivity index (χ4n) is 2.36. The van der Waals surface area contributed by atoms with Gasteiger partial charge in [-0.15, -0.1) is 0 Å². The second kappa shape index (κ2) is 6.64. The quantitative estimate of drug-likeness (QED) is 0.884. The summed E-state index contributed by atoms with van der Waals surface area (Å²) in [5.41, 5.74) is 2.10. The number of aryl methyl sites for hydroxylation is 2. The Labute approximate surface area is 132 Å². The maximum absolute atomic E-state index is 12.4. The highest BCUT2D eigenvalue weighted by Gasteiger charge is 2.21. The van der Waals surface area contributed by atoms with Crippen LogP contribution in [0.4, 0.5) is 0 Å². The molecule has 1 heterocycles. The molecule has 0 spiro atoms. The van der Waals surface area contributed by atoms with Gasteiger partial charge in [-0.05, 0) is 45.3 Å². The van der Waals surface area contributed by atoms with E-state index in [1.165, 1.54) is 0 Å². The van der Waals surface area contributed by atoms with Gasteiger partial charge in [-0.3, -0.25) is 4.90 Å². The van der Waals surface area contributed by atoms with E-state index in [1.54, 1.807) is 24.3 Å². The molecule has 0 aliphatic rings. The Hall–Kier alpha value is -1.63. The molecule has 2 rings (SSSR count). The third kappa shape index (κ3) is 3.76. The van der Waals surface area contributed by atoms with Crippen molar-refractivity contribution in [2.45, 2.75) is 17.9 Å². The minimum absolute atomic E-state index is 0.0276. The summed E-state index contributed by atoms with van der Waals surface area (Å²) in [4.78, 5) is 2.30. The molecule has 1 atom stereocenters. The van der Waals surface area contributed by atoms with E-state index in [0.29, 0.717) is 11.4 Å². The number of nitrogens with one attached hydrogen (secondary N) is 1. The Bertz CT molecular complexity index is 718. The normalized spacial score (nSPS) is 13.5. The third-order valence-electron chi connectivity index (χ3n) is 3.75. The Morgan fingerprint density at radius 1 is 1.18 bits per heavy atom. The molecular formula is C16H23N3O2S. The summed E-state index contributed by atoms with van der Waals surface area (Å²) in [6.45, 7) is 2.25. The fourth-order valence-corrected chi connectivity index (χ4v) is 3.40. The van der Waals surface area contributed by atoms with Gasteiger partial charge in [0.2, 0.25) is 10.0 Å². The Morgan fingerprint density at radius 2 is 1.82 bits per heavy atom. The van der Waals surface area contributed by atoms with Crippen LogP contribution in [-0.4, -0.2) is 38.5 Å². The van der Waals surface area contributed by atoms with Crippen LogP contribution in [0.3, 0.4) is 0 Å². The molecule has 1 N–H and O–H groups in total. The van der Waals surface area contributed by atoms with E-state index < -0.39 is 10.0 Å². The zero-order valence-corrected chi connectivity index (χ0v) is 14.3. The van der Waals surface area contributed by atoms with Crippen molar-refractivity contribution in [3.05, 3.63) is 53.9 Å². The van der Waals surface area contributed by atoms with Crippen molar-refractivity contribution in [1.29, 1.82) is 0 Å². The van der Waals surface area contributed by atoms with Crippen molar-refractivity contribution in [1.82, 2.24) is 14.2 Å². The highest BCUT2D eigenvalue weighted by Crippen LogP contribution is 2.18. The summed E-state index contributed by atoms with van der Waals surface area (Å²) in [6.07, 6.45) is 1.96. The van der Waals surface area contributed by atoms with E-state index in [-0.39, 0.29) is 6.04 Å². The van der Waals surface area contributed by atoms with Gasteiger partial charge in [0.05, 0.1) is 10.9 Å². The van der Waals surface area contributed by atoms with Crippen LogP contribution in [-0.2, 0) is 17.1 Å². The van der Waals surface area contributed by atoms with Crippen LogP contribution in [0.25, 0.3) is 0 Å². The van der Waals surface area contributed by atoms with Gasteiger partial charge >= 0.3 is 0 Å². The van der Waals surface area contributed by atoms with Crippen LogP contribution in [0.1, 0.15) is 17.3 Å². The lowest BCUT2D eigenvalue weighted by molar-refractivity contribution is 0.289. The molecule has 1 unspecified atom stereocenters. The number of hydrogen-bond donors (Lipinski definition) is 1. The molecule has 1 aromatic heterocycles. The highest BCUT2D eigenvalue weighted by molar-refractivity contribution is 7.89. The first-order valence-corrected chi connectivity index (χ1v) is 8.63. The predicted molar refractivity (Wildman–Crippen MR) is 88.2 cm³/mol. The predicted octanol–water partition coefficient (Wildman–Crippen LogP) is 1.91. The zero-order chi connectivity index (χ0) is 16.3. The SMILES string of the molecule is Cc1ccc(S(=O)(=O)NCC(c2cccn2C)N(C)C)cc1. The molecule has 0 fully saturated rings. The lowest BCUT2D eigenvalue weighted by atomic mass is 10.2. The molecule has 1 aromatic carbocycles. The topological polar surface area (TPSA) is 54.3 Å². The molecule has 0 saturated carbocycles. The average Bonchev–Trinajstić information content (AvgIpc) is 2.85. The molecule has 6 heteroatoms. The maximum Gasteiger partial charge on any atom is 0.240 e. The van der Waals surface area contributed by atoms with Gasteiger partial charge in [-0.1, -0.05) is 17.7 Å². The Balaban J connectivity index is 2.15. The number of aromatic nitrogens is 1. The van der Waals surface area contributed by atoms with E-state index in [1.807, 2.05) is 55.9 Å². The van der Waals surface area contributed by atoms with E-state index in [9.17, 15) is 8.42 Å². The van der Waals surface area contributed by atoms with Crippen molar-refractivity contribution in [2.24, 2.45) is 7.05 Å². The summed E-state index contributed by atoms with van der Waals surface area (Å²) in [7, 11) is 2.35. The molecule has 0 aliphatic carbocycles. The van der Waals surface area contributed by atoms with Crippen molar-refractivity contribution in [2.75, 3.05) is 20.6 Å².